The van der Waals surface area contributed by atoms with Crippen molar-refractivity contribution in [1.29, 1.82) is 5.41 Å². The molecule has 0 spiro atoms. The standard InChI is InChI=1S/C19H23ClN4O2.C2H6/c20-13-3-1-11(2-4-13)10-23-19(26)18(22)15-8-12(9-16(15)21)7-14-5-6-17(25)24-14;1-2/h1-4,12,14,22H,5-10,21H2,(H,23,26)(H,24,25);1-2H3. The average Bonchev–Trinajstić information content (AvgIpc) is 3.27. The predicted octanol–water partition coefficient (Wildman–Crippen LogP) is 3.29. The molecule has 1 aromatic rings. The Bertz CT molecular complexity index is 758. The van der Waals surface area contributed by atoms with Crippen molar-refractivity contribution < 1.29 is 9.59 Å². The van der Waals surface area contributed by atoms with Crippen molar-refractivity contribution in [3.63, 3.8) is 0 Å². The summed E-state index contributed by atoms with van der Waals surface area (Å²) in [5, 5.41) is 14.5. The zero-order valence-electron chi connectivity index (χ0n) is 16.5. The van der Waals surface area contributed by atoms with E-state index in [0.717, 1.165) is 18.4 Å². The fourth-order valence-corrected chi connectivity index (χ4v) is 3.75. The molecule has 2 amide bonds. The Morgan fingerprint density at radius 2 is 1.96 bits per heavy atom. The van der Waals surface area contributed by atoms with Crippen LogP contribution < -0.4 is 16.4 Å². The van der Waals surface area contributed by atoms with Crippen molar-refractivity contribution in [2.45, 2.75) is 58.5 Å². The maximum Gasteiger partial charge on any atom is 0.269 e. The zero-order chi connectivity index (χ0) is 20.7. The summed E-state index contributed by atoms with van der Waals surface area (Å²) in [6, 6.07) is 7.38. The summed E-state index contributed by atoms with van der Waals surface area (Å²) in [5.41, 5.74) is 8.19. The molecule has 1 aromatic carbocycles. The second-order valence-electron chi connectivity index (χ2n) is 7.00. The summed E-state index contributed by atoms with van der Waals surface area (Å²) >= 11 is 5.84. The lowest BCUT2D eigenvalue weighted by Gasteiger charge is -2.16. The van der Waals surface area contributed by atoms with Gasteiger partial charge in [-0.25, -0.2) is 0 Å². The number of nitrogens with one attached hydrogen (secondary N) is 3. The Kier molecular flexibility index (Phi) is 8.05. The van der Waals surface area contributed by atoms with Crippen LogP contribution in [0.2, 0.25) is 5.02 Å². The van der Waals surface area contributed by atoms with Crippen LogP contribution in [0.3, 0.4) is 0 Å². The van der Waals surface area contributed by atoms with E-state index in [-0.39, 0.29) is 23.6 Å². The maximum absolute atomic E-state index is 12.3. The number of hydrogen-bond donors (Lipinski definition) is 4. The first-order valence-corrected chi connectivity index (χ1v) is 10.2. The minimum absolute atomic E-state index is 0.0607. The van der Waals surface area contributed by atoms with Gasteiger partial charge >= 0.3 is 0 Å². The molecule has 6 nitrogen and oxygen atoms in total. The lowest BCUT2D eigenvalue weighted by molar-refractivity contribution is -0.119. The fraction of sp³-hybridized carbons (Fsp3) is 0.476. The Labute approximate surface area is 171 Å². The summed E-state index contributed by atoms with van der Waals surface area (Å²) < 4.78 is 0. The number of carbonyl (C=O) groups is 2. The third-order valence-electron chi connectivity index (χ3n) is 4.99. The fourth-order valence-electron chi connectivity index (χ4n) is 3.62. The van der Waals surface area contributed by atoms with Gasteiger partial charge < -0.3 is 16.4 Å². The van der Waals surface area contributed by atoms with Gasteiger partial charge in [0.05, 0.1) is 0 Å². The van der Waals surface area contributed by atoms with E-state index in [2.05, 4.69) is 10.6 Å². The van der Waals surface area contributed by atoms with E-state index in [1.54, 1.807) is 12.1 Å². The largest absolute Gasteiger partial charge is 0.402 e. The van der Waals surface area contributed by atoms with Crippen molar-refractivity contribution in [3.8, 4) is 0 Å². The lowest BCUT2D eigenvalue weighted by atomic mass is 9.94. The van der Waals surface area contributed by atoms with Gasteiger partial charge in [0.15, 0.2) is 0 Å². The van der Waals surface area contributed by atoms with Crippen LogP contribution in [0.4, 0.5) is 0 Å². The summed E-state index contributed by atoms with van der Waals surface area (Å²) in [6.07, 6.45) is 3.56. The first-order chi connectivity index (χ1) is 13.4. The molecule has 1 aliphatic carbocycles. The zero-order valence-corrected chi connectivity index (χ0v) is 17.2. The highest BCUT2D eigenvalue weighted by Crippen LogP contribution is 2.33. The molecule has 5 N–H and O–H groups in total. The highest BCUT2D eigenvalue weighted by molar-refractivity contribution is 6.44. The van der Waals surface area contributed by atoms with Gasteiger partial charge in [0.2, 0.25) is 5.91 Å². The summed E-state index contributed by atoms with van der Waals surface area (Å²) in [7, 11) is 0. The van der Waals surface area contributed by atoms with Gasteiger partial charge in [-0.2, -0.15) is 0 Å². The van der Waals surface area contributed by atoms with Crippen LogP contribution in [0.15, 0.2) is 35.5 Å². The number of hydrogen-bond acceptors (Lipinski definition) is 4. The van der Waals surface area contributed by atoms with Crippen LogP contribution in [0.5, 0.6) is 0 Å². The van der Waals surface area contributed by atoms with Gasteiger partial charge in [0, 0.05) is 35.3 Å². The molecule has 28 heavy (non-hydrogen) atoms. The lowest BCUT2D eigenvalue weighted by Crippen LogP contribution is -2.31. The molecule has 1 fully saturated rings. The third kappa shape index (κ3) is 5.83. The molecule has 7 heteroatoms. The molecule has 0 radical (unpaired) electrons. The van der Waals surface area contributed by atoms with Gasteiger partial charge in [0.25, 0.3) is 5.91 Å². The van der Waals surface area contributed by atoms with E-state index in [4.69, 9.17) is 22.7 Å². The maximum atomic E-state index is 12.3. The summed E-state index contributed by atoms with van der Waals surface area (Å²) in [4.78, 5) is 23.6. The molecule has 2 aliphatic rings. The Morgan fingerprint density at radius 3 is 2.57 bits per heavy atom. The Hall–Kier alpha value is -2.34. The number of allylic oxidation sites excluding steroid dienone is 1. The van der Waals surface area contributed by atoms with Gasteiger partial charge in [-0.15, -0.1) is 0 Å². The van der Waals surface area contributed by atoms with E-state index in [0.29, 0.717) is 42.1 Å². The summed E-state index contributed by atoms with van der Waals surface area (Å²) in [5.74, 6) is -0.0472. The third-order valence-corrected chi connectivity index (χ3v) is 5.24. The van der Waals surface area contributed by atoms with Crippen LogP contribution in [0.25, 0.3) is 0 Å². The second-order valence-corrected chi connectivity index (χ2v) is 7.44. The summed E-state index contributed by atoms with van der Waals surface area (Å²) in [6.45, 7) is 4.34. The smallest absolute Gasteiger partial charge is 0.269 e. The molecular weight excluding hydrogens is 376 g/mol. The van der Waals surface area contributed by atoms with Crippen LogP contribution in [0.1, 0.15) is 51.5 Å². The number of halogens is 1. The Morgan fingerprint density at radius 1 is 1.29 bits per heavy atom. The molecule has 2 atom stereocenters. The van der Waals surface area contributed by atoms with E-state index >= 15 is 0 Å². The number of benzene rings is 1. The van der Waals surface area contributed by atoms with E-state index in [1.165, 1.54) is 0 Å². The minimum atomic E-state index is -0.423. The second kappa shape index (κ2) is 10.3. The molecular formula is C21H29ClN4O2. The normalized spacial score (nSPS) is 21.0. The van der Waals surface area contributed by atoms with Crippen molar-refractivity contribution in [3.05, 3.63) is 46.1 Å². The molecule has 0 bridgehead atoms. The van der Waals surface area contributed by atoms with Crippen molar-refractivity contribution in [1.82, 2.24) is 10.6 Å². The Balaban J connectivity index is 0.00000136. The van der Waals surface area contributed by atoms with Crippen molar-refractivity contribution in [2.75, 3.05) is 0 Å². The van der Waals surface area contributed by atoms with Crippen molar-refractivity contribution >= 4 is 29.1 Å². The van der Waals surface area contributed by atoms with Gasteiger partial charge in [-0.3, -0.25) is 15.0 Å². The first kappa shape index (κ1) is 22.0. The van der Waals surface area contributed by atoms with E-state index in [9.17, 15) is 9.59 Å². The van der Waals surface area contributed by atoms with Gasteiger partial charge in [-0.1, -0.05) is 37.6 Å². The van der Waals surface area contributed by atoms with E-state index < -0.39 is 5.91 Å². The molecule has 2 unspecified atom stereocenters. The SMILES string of the molecule is CC.N=C(C(=O)NCc1ccc(Cl)cc1)C1=C(N)CC(CC2CCC(=O)N2)C1. The molecule has 1 heterocycles. The highest BCUT2D eigenvalue weighted by atomic mass is 35.5. The van der Waals surface area contributed by atoms with E-state index in [1.807, 2.05) is 26.0 Å². The topological polar surface area (TPSA) is 108 Å². The van der Waals surface area contributed by atoms with Crippen LogP contribution >= 0.6 is 11.6 Å². The molecule has 0 saturated carbocycles. The molecule has 0 aromatic heterocycles. The number of nitrogens with two attached hydrogens (primary N) is 1. The number of carbonyl (C=O) groups excluding carboxylic acids is 2. The molecule has 3 rings (SSSR count). The monoisotopic (exact) mass is 404 g/mol. The van der Waals surface area contributed by atoms with Crippen molar-refractivity contribution in [2.24, 2.45) is 11.7 Å². The van der Waals surface area contributed by atoms with Gasteiger partial charge in [0.1, 0.15) is 5.71 Å². The van der Waals surface area contributed by atoms with Crippen LogP contribution in [-0.4, -0.2) is 23.6 Å². The van der Waals surface area contributed by atoms with Gasteiger partial charge in [-0.05, 0) is 49.3 Å². The minimum Gasteiger partial charge on any atom is -0.402 e. The first-order valence-electron chi connectivity index (χ1n) is 9.80. The molecule has 1 aliphatic heterocycles. The number of amides is 2. The van der Waals surface area contributed by atoms with Crippen LogP contribution in [-0.2, 0) is 16.1 Å². The predicted molar refractivity (Wildman–Crippen MR) is 112 cm³/mol. The number of rotatable bonds is 6. The highest BCUT2D eigenvalue weighted by Gasteiger charge is 2.31. The quantitative estimate of drug-likeness (QED) is 0.546. The average molecular weight is 405 g/mol. The molecule has 1 saturated heterocycles. The molecule has 152 valence electrons. The van der Waals surface area contributed by atoms with Crippen LogP contribution in [0, 0.1) is 11.3 Å².